The zero-order valence-corrected chi connectivity index (χ0v) is 12.8. The first-order valence-electron chi connectivity index (χ1n) is 5.86. The fourth-order valence-electron chi connectivity index (χ4n) is 1.54. The Morgan fingerprint density at radius 2 is 2.20 bits per heavy atom. The van der Waals surface area contributed by atoms with E-state index in [-0.39, 0.29) is 10.8 Å². The minimum absolute atomic E-state index is 0.0234. The van der Waals surface area contributed by atoms with E-state index < -0.39 is 15.2 Å². The molecule has 1 amide bonds. The summed E-state index contributed by atoms with van der Waals surface area (Å²) in [5.41, 5.74) is 0.455. The van der Waals surface area contributed by atoms with E-state index in [9.17, 15) is 13.2 Å². The zero-order chi connectivity index (χ0) is 15.3. The molecule has 0 saturated heterocycles. The molecule has 0 saturated carbocycles. The lowest BCUT2D eigenvalue weighted by atomic mass is 10.2. The van der Waals surface area contributed by atoms with E-state index in [0.29, 0.717) is 17.9 Å². The van der Waals surface area contributed by atoms with Crippen LogP contribution in [0.3, 0.4) is 0 Å². The van der Waals surface area contributed by atoms with E-state index >= 15 is 0 Å². The molecule has 1 atom stereocenters. The smallest absolute Gasteiger partial charge is 0.261 e. The predicted molar refractivity (Wildman–Crippen MR) is 77.5 cm³/mol. The summed E-state index contributed by atoms with van der Waals surface area (Å²) in [7, 11) is 1.51. The molecule has 1 unspecified atom stereocenters. The molecule has 0 aromatic heterocycles. The van der Waals surface area contributed by atoms with Crippen LogP contribution in [0.4, 0.5) is 0 Å². The van der Waals surface area contributed by atoms with Crippen LogP contribution in [-0.4, -0.2) is 27.0 Å². The van der Waals surface area contributed by atoms with Crippen molar-refractivity contribution in [3.05, 3.63) is 36.4 Å². The summed E-state index contributed by atoms with van der Waals surface area (Å²) in [5, 5.41) is 2.60. The predicted octanol–water partition coefficient (Wildman–Crippen LogP) is 1.99. The van der Waals surface area contributed by atoms with Crippen molar-refractivity contribution in [1.82, 2.24) is 5.32 Å². The second kappa shape index (κ2) is 6.76. The lowest BCUT2D eigenvalue weighted by molar-refractivity contribution is -0.127. The van der Waals surface area contributed by atoms with Gasteiger partial charge in [0, 0.05) is 17.2 Å². The number of hydrogen-bond donors (Lipinski definition) is 1. The van der Waals surface area contributed by atoms with Crippen LogP contribution in [0.2, 0.25) is 0 Å². The maximum Gasteiger partial charge on any atom is 0.261 e. The van der Waals surface area contributed by atoms with Crippen LogP contribution in [-0.2, 0) is 13.8 Å². The molecule has 0 aliphatic heterocycles. The lowest BCUT2D eigenvalue weighted by Crippen LogP contribution is -2.36. The fraction of sp³-hybridized carbons (Fsp3) is 0.308. The molecule has 0 bridgehead atoms. The molecule has 0 fully saturated rings. The van der Waals surface area contributed by atoms with Gasteiger partial charge in [-0.05, 0) is 37.6 Å². The third kappa shape index (κ3) is 4.54. The van der Waals surface area contributed by atoms with Gasteiger partial charge in [0.15, 0.2) is 6.10 Å². The standard InChI is InChI=1S/C13H16ClNO4S/c1-4-7-15-13(16)10(3)19-11-5-6-12(9(2)8-11)20(14,17)18/h4-6,8,10H,1,7H2,2-3H3,(H,15,16). The Morgan fingerprint density at radius 3 is 2.70 bits per heavy atom. The number of aryl methyl sites for hydroxylation is 1. The number of nitrogens with one attached hydrogen (secondary N) is 1. The van der Waals surface area contributed by atoms with E-state index in [4.69, 9.17) is 15.4 Å². The second-order valence-corrected chi connectivity index (χ2v) is 6.69. The van der Waals surface area contributed by atoms with Gasteiger partial charge in [-0.15, -0.1) is 6.58 Å². The Bertz CT molecular complexity index is 613. The van der Waals surface area contributed by atoms with Crippen molar-refractivity contribution in [2.75, 3.05) is 6.54 Å². The SMILES string of the molecule is C=CCNC(=O)C(C)Oc1ccc(S(=O)(=O)Cl)c(C)c1. The molecule has 0 aliphatic carbocycles. The zero-order valence-electron chi connectivity index (χ0n) is 11.2. The molecule has 110 valence electrons. The van der Waals surface area contributed by atoms with E-state index in [0.717, 1.165) is 0 Å². The summed E-state index contributed by atoms with van der Waals surface area (Å²) in [4.78, 5) is 11.6. The highest BCUT2D eigenvalue weighted by atomic mass is 35.7. The lowest BCUT2D eigenvalue weighted by Gasteiger charge is -2.15. The first-order valence-corrected chi connectivity index (χ1v) is 8.17. The fourth-order valence-corrected chi connectivity index (χ4v) is 2.74. The Morgan fingerprint density at radius 1 is 1.55 bits per heavy atom. The molecule has 20 heavy (non-hydrogen) atoms. The van der Waals surface area contributed by atoms with Gasteiger partial charge in [0.2, 0.25) is 0 Å². The Kier molecular flexibility index (Phi) is 5.59. The highest BCUT2D eigenvalue weighted by Gasteiger charge is 2.17. The topological polar surface area (TPSA) is 72.5 Å². The number of benzene rings is 1. The minimum atomic E-state index is -3.78. The van der Waals surface area contributed by atoms with Crippen molar-refractivity contribution in [2.45, 2.75) is 24.8 Å². The Hall–Kier alpha value is -1.53. The van der Waals surface area contributed by atoms with E-state index in [1.54, 1.807) is 19.9 Å². The van der Waals surface area contributed by atoms with Crippen LogP contribution in [0.5, 0.6) is 5.75 Å². The van der Waals surface area contributed by atoms with Gasteiger partial charge < -0.3 is 10.1 Å². The average Bonchev–Trinajstić information content (AvgIpc) is 2.34. The van der Waals surface area contributed by atoms with Gasteiger partial charge in [0.25, 0.3) is 15.0 Å². The molecule has 1 N–H and O–H groups in total. The molecule has 0 heterocycles. The number of amides is 1. The molecular formula is C13H16ClNO4S. The van der Waals surface area contributed by atoms with E-state index in [1.807, 2.05) is 0 Å². The van der Waals surface area contributed by atoms with Crippen LogP contribution in [0.15, 0.2) is 35.7 Å². The van der Waals surface area contributed by atoms with Crippen LogP contribution in [0.1, 0.15) is 12.5 Å². The number of carbonyl (C=O) groups is 1. The molecule has 1 rings (SSSR count). The molecule has 5 nitrogen and oxygen atoms in total. The first-order chi connectivity index (χ1) is 9.25. The second-order valence-electron chi connectivity index (χ2n) is 4.16. The Balaban J connectivity index is 2.82. The van der Waals surface area contributed by atoms with Crippen LogP contribution in [0.25, 0.3) is 0 Å². The Labute approximate surface area is 123 Å². The van der Waals surface area contributed by atoms with Gasteiger partial charge in [-0.25, -0.2) is 8.42 Å². The summed E-state index contributed by atoms with van der Waals surface area (Å²) in [5.74, 6) is 0.115. The monoisotopic (exact) mass is 317 g/mol. The van der Waals surface area contributed by atoms with Crippen molar-refractivity contribution in [1.29, 1.82) is 0 Å². The molecule has 1 aromatic carbocycles. The van der Waals surface area contributed by atoms with E-state index in [1.165, 1.54) is 18.2 Å². The number of ether oxygens (including phenoxy) is 1. The molecule has 0 spiro atoms. The molecular weight excluding hydrogens is 302 g/mol. The normalized spacial score (nSPS) is 12.6. The molecule has 1 aromatic rings. The van der Waals surface area contributed by atoms with Crippen molar-refractivity contribution in [3.8, 4) is 5.75 Å². The van der Waals surface area contributed by atoms with Gasteiger partial charge in [-0.3, -0.25) is 4.79 Å². The largest absolute Gasteiger partial charge is 0.481 e. The number of hydrogen-bond acceptors (Lipinski definition) is 4. The quantitative estimate of drug-likeness (QED) is 0.643. The van der Waals surface area contributed by atoms with Gasteiger partial charge in [-0.2, -0.15) is 0 Å². The van der Waals surface area contributed by atoms with Gasteiger partial charge in [0.1, 0.15) is 5.75 Å². The maximum absolute atomic E-state index is 11.6. The third-order valence-electron chi connectivity index (χ3n) is 2.51. The van der Waals surface area contributed by atoms with Crippen molar-refractivity contribution in [2.24, 2.45) is 0 Å². The summed E-state index contributed by atoms with van der Waals surface area (Å²) in [6.45, 7) is 7.05. The van der Waals surface area contributed by atoms with E-state index in [2.05, 4.69) is 11.9 Å². The highest BCUT2D eigenvalue weighted by Crippen LogP contribution is 2.24. The van der Waals surface area contributed by atoms with Crippen LogP contribution < -0.4 is 10.1 Å². The van der Waals surface area contributed by atoms with Gasteiger partial charge in [0.05, 0.1) is 4.90 Å². The third-order valence-corrected chi connectivity index (χ3v) is 3.99. The summed E-state index contributed by atoms with van der Waals surface area (Å²) >= 11 is 0. The molecule has 0 aliphatic rings. The summed E-state index contributed by atoms with van der Waals surface area (Å²) in [6, 6.07) is 4.33. The molecule has 7 heteroatoms. The van der Waals surface area contributed by atoms with Crippen molar-refractivity contribution in [3.63, 3.8) is 0 Å². The summed E-state index contributed by atoms with van der Waals surface area (Å²) < 4.78 is 28.0. The maximum atomic E-state index is 11.6. The number of rotatable bonds is 6. The van der Waals surface area contributed by atoms with Crippen LogP contribution in [0, 0.1) is 6.92 Å². The van der Waals surface area contributed by atoms with Gasteiger partial charge >= 0.3 is 0 Å². The average molecular weight is 318 g/mol. The van der Waals surface area contributed by atoms with Crippen molar-refractivity contribution >= 4 is 25.6 Å². The van der Waals surface area contributed by atoms with Crippen LogP contribution >= 0.6 is 10.7 Å². The first kappa shape index (κ1) is 16.5. The van der Waals surface area contributed by atoms with Gasteiger partial charge in [-0.1, -0.05) is 6.08 Å². The minimum Gasteiger partial charge on any atom is -0.481 e. The number of halogens is 1. The molecule has 0 radical (unpaired) electrons. The highest BCUT2D eigenvalue weighted by molar-refractivity contribution is 8.13. The van der Waals surface area contributed by atoms with Crippen molar-refractivity contribution < 1.29 is 17.9 Å². The summed E-state index contributed by atoms with van der Waals surface area (Å²) in [6.07, 6.45) is 0.863. The number of carbonyl (C=O) groups excluding carboxylic acids is 1.